The first-order valence-electron chi connectivity index (χ1n) is 7.91. The van der Waals surface area contributed by atoms with Crippen LogP contribution in [0, 0.1) is 4.77 Å². The standard InChI is InChI=1S/C17H18ClN5OS2/c1-22(2)13-6-5-11(10-12(13)18)19-15(24)7-8-23-16(20-21-17(23)25)14-4-3-9-26-14/h3-6,9-10H,7-8H2,1-2H3,(H,19,24)(H,21,25). The van der Waals surface area contributed by atoms with Crippen molar-refractivity contribution in [1.82, 2.24) is 14.8 Å². The van der Waals surface area contributed by atoms with Gasteiger partial charge >= 0.3 is 0 Å². The molecular formula is C17H18ClN5OS2. The van der Waals surface area contributed by atoms with Gasteiger partial charge in [-0.1, -0.05) is 17.7 Å². The number of halogens is 1. The van der Waals surface area contributed by atoms with E-state index in [-0.39, 0.29) is 12.3 Å². The first kappa shape index (κ1) is 18.6. The number of carbonyl (C=O) groups is 1. The molecule has 0 saturated carbocycles. The normalized spacial score (nSPS) is 10.7. The van der Waals surface area contributed by atoms with Crippen molar-refractivity contribution in [2.45, 2.75) is 13.0 Å². The lowest BCUT2D eigenvalue weighted by Crippen LogP contribution is -2.15. The van der Waals surface area contributed by atoms with Crippen LogP contribution in [0.3, 0.4) is 0 Å². The highest BCUT2D eigenvalue weighted by molar-refractivity contribution is 7.71. The van der Waals surface area contributed by atoms with Crippen LogP contribution in [0.5, 0.6) is 0 Å². The summed E-state index contributed by atoms with van der Waals surface area (Å²) in [6, 6.07) is 9.38. The largest absolute Gasteiger partial charge is 0.376 e. The summed E-state index contributed by atoms with van der Waals surface area (Å²) >= 11 is 13.1. The van der Waals surface area contributed by atoms with Crippen LogP contribution in [0.1, 0.15) is 6.42 Å². The monoisotopic (exact) mass is 407 g/mol. The second kappa shape index (κ2) is 8.03. The molecule has 0 unspecified atom stereocenters. The van der Waals surface area contributed by atoms with Gasteiger partial charge in [0.15, 0.2) is 10.6 Å². The predicted molar refractivity (Wildman–Crippen MR) is 110 cm³/mol. The van der Waals surface area contributed by atoms with E-state index in [0.717, 1.165) is 16.4 Å². The molecule has 2 aromatic heterocycles. The summed E-state index contributed by atoms with van der Waals surface area (Å²) in [5.74, 6) is 0.634. The quantitative estimate of drug-likeness (QED) is 0.593. The van der Waals surface area contributed by atoms with Gasteiger partial charge in [-0.2, -0.15) is 5.10 Å². The Morgan fingerprint density at radius 2 is 2.23 bits per heavy atom. The minimum absolute atomic E-state index is 0.112. The van der Waals surface area contributed by atoms with E-state index in [0.29, 0.717) is 22.0 Å². The Morgan fingerprint density at radius 3 is 2.88 bits per heavy atom. The average molecular weight is 408 g/mol. The van der Waals surface area contributed by atoms with E-state index in [4.69, 9.17) is 23.8 Å². The van der Waals surface area contributed by atoms with E-state index >= 15 is 0 Å². The van der Waals surface area contributed by atoms with Gasteiger partial charge in [-0.05, 0) is 41.9 Å². The minimum atomic E-state index is -0.112. The zero-order valence-electron chi connectivity index (χ0n) is 14.3. The number of anilines is 2. The van der Waals surface area contributed by atoms with Crippen LogP contribution in [-0.4, -0.2) is 34.8 Å². The third kappa shape index (κ3) is 4.14. The van der Waals surface area contributed by atoms with Crippen LogP contribution in [0.4, 0.5) is 11.4 Å². The number of nitrogens with zero attached hydrogens (tertiary/aromatic N) is 3. The summed E-state index contributed by atoms with van der Waals surface area (Å²) in [6.07, 6.45) is 0.277. The third-order valence-electron chi connectivity index (χ3n) is 3.78. The number of amides is 1. The van der Waals surface area contributed by atoms with E-state index in [1.807, 2.05) is 53.2 Å². The molecule has 0 aliphatic carbocycles. The van der Waals surface area contributed by atoms with Gasteiger partial charge in [0.05, 0.1) is 15.6 Å². The average Bonchev–Trinajstić information content (AvgIpc) is 3.22. The number of aromatic amines is 1. The molecule has 0 radical (unpaired) electrons. The molecule has 1 amide bonds. The maximum absolute atomic E-state index is 12.3. The predicted octanol–water partition coefficient (Wildman–Crippen LogP) is 4.42. The lowest BCUT2D eigenvalue weighted by atomic mass is 10.2. The van der Waals surface area contributed by atoms with Crippen LogP contribution in [-0.2, 0) is 11.3 Å². The van der Waals surface area contributed by atoms with E-state index in [9.17, 15) is 4.79 Å². The van der Waals surface area contributed by atoms with Gasteiger partial charge < -0.3 is 10.2 Å². The lowest BCUT2D eigenvalue weighted by Gasteiger charge is -2.15. The molecule has 0 atom stereocenters. The first-order chi connectivity index (χ1) is 12.5. The Labute approximate surface area is 165 Å². The van der Waals surface area contributed by atoms with E-state index in [2.05, 4.69) is 15.5 Å². The van der Waals surface area contributed by atoms with Gasteiger partial charge in [0, 0.05) is 32.7 Å². The highest BCUT2D eigenvalue weighted by Crippen LogP contribution is 2.27. The summed E-state index contributed by atoms with van der Waals surface area (Å²) in [4.78, 5) is 15.2. The second-order valence-corrected chi connectivity index (χ2v) is 7.58. The summed E-state index contributed by atoms with van der Waals surface area (Å²) < 4.78 is 2.34. The van der Waals surface area contributed by atoms with Crippen LogP contribution < -0.4 is 10.2 Å². The summed E-state index contributed by atoms with van der Waals surface area (Å²) in [5.41, 5.74) is 1.56. The summed E-state index contributed by atoms with van der Waals surface area (Å²) in [6.45, 7) is 0.442. The molecule has 136 valence electrons. The molecule has 0 aliphatic rings. The lowest BCUT2D eigenvalue weighted by molar-refractivity contribution is -0.116. The number of H-pyrrole nitrogens is 1. The number of thiophene rings is 1. The first-order valence-corrected chi connectivity index (χ1v) is 9.58. The SMILES string of the molecule is CN(C)c1ccc(NC(=O)CCn2c(-c3cccs3)n[nH]c2=S)cc1Cl. The summed E-state index contributed by atoms with van der Waals surface area (Å²) in [7, 11) is 3.83. The molecule has 0 fully saturated rings. The zero-order valence-corrected chi connectivity index (χ0v) is 16.7. The highest BCUT2D eigenvalue weighted by Gasteiger charge is 2.12. The van der Waals surface area contributed by atoms with Gasteiger partial charge in [0.25, 0.3) is 0 Å². The molecule has 6 nitrogen and oxygen atoms in total. The van der Waals surface area contributed by atoms with E-state index in [1.165, 1.54) is 0 Å². The molecule has 3 rings (SSSR count). The van der Waals surface area contributed by atoms with Gasteiger partial charge in [-0.3, -0.25) is 14.5 Å². The fraction of sp³-hybridized carbons (Fsp3) is 0.235. The Bertz CT molecular complexity index is 962. The van der Waals surface area contributed by atoms with Crippen molar-refractivity contribution in [3.8, 4) is 10.7 Å². The molecule has 26 heavy (non-hydrogen) atoms. The molecular weight excluding hydrogens is 390 g/mol. The van der Waals surface area contributed by atoms with Crippen LogP contribution >= 0.6 is 35.2 Å². The molecule has 1 aromatic carbocycles. The molecule has 3 aromatic rings. The number of rotatable bonds is 6. The van der Waals surface area contributed by atoms with Crippen molar-refractivity contribution < 1.29 is 4.79 Å². The minimum Gasteiger partial charge on any atom is -0.376 e. The van der Waals surface area contributed by atoms with Crippen molar-refractivity contribution in [2.75, 3.05) is 24.3 Å². The van der Waals surface area contributed by atoms with Crippen molar-refractivity contribution in [1.29, 1.82) is 0 Å². The molecule has 0 spiro atoms. The van der Waals surface area contributed by atoms with Crippen LogP contribution in [0.15, 0.2) is 35.7 Å². The maximum Gasteiger partial charge on any atom is 0.226 e. The Balaban J connectivity index is 1.66. The van der Waals surface area contributed by atoms with Crippen molar-refractivity contribution >= 4 is 52.4 Å². The van der Waals surface area contributed by atoms with Gasteiger partial charge in [0.1, 0.15) is 0 Å². The molecule has 2 N–H and O–H groups in total. The van der Waals surface area contributed by atoms with Crippen molar-refractivity contribution in [3.05, 3.63) is 45.5 Å². The highest BCUT2D eigenvalue weighted by atomic mass is 35.5. The maximum atomic E-state index is 12.3. The smallest absolute Gasteiger partial charge is 0.226 e. The van der Waals surface area contributed by atoms with Crippen molar-refractivity contribution in [3.63, 3.8) is 0 Å². The number of carbonyl (C=O) groups excluding carboxylic acids is 1. The topological polar surface area (TPSA) is 66.0 Å². The molecule has 0 aliphatic heterocycles. The van der Waals surface area contributed by atoms with Crippen LogP contribution in [0.25, 0.3) is 10.7 Å². The molecule has 0 bridgehead atoms. The summed E-state index contributed by atoms with van der Waals surface area (Å²) in [5, 5.41) is 12.5. The molecule has 0 saturated heterocycles. The van der Waals surface area contributed by atoms with Gasteiger partial charge in [-0.25, -0.2) is 0 Å². The number of nitrogens with one attached hydrogen (secondary N) is 2. The van der Waals surface area contributed by atoms with Gasteiger partial charge in [-0.15, -0.1) is 11.3 Å². The Kier molecular flexibility index (Phi) is 5.75. The number of benzene rings is 1. The Hall–Kier alpha value is -2.16. The number of aromatic nitrogens is 3. The van der Waals surface area contributed by atoms with E-state index in [1.54, 1.807) is 17.4 Å². The number of hydrogen-bond acceptors (Lipinski definition) is 5. The van der Waals surface area contributed by atoms with Crippen molar-refractivity contribution in [2.24, 2.45) is 0 Å². The fourth-order valence-corrected chi connectivity index (χ4v) is 3.80. The van der Waals surface area contributed by atoms with E-state index < -0.39 is 0 Å². The Morgan fingerprint density at radius 1 is 1.42 bits per heavy atom. The molecule has 2 heterocycles. The zero-order chi connectivity index (χ0) is 18.7. The van der Waals surface area contributed by atoms with Gasteiger partial charge in [0.2, 0.25) is 5.91 Å². The number of hydrogen-bond donors (Lipinski definition) is 2. The molecule has 9 heteroatoms. The third-order valence-corrected chi connectivity index (χ3v) is 5.26. The second-order valence-electron chi connectivity index (χ2n) is 5.84. The van der Waals surface area contributed by atoms with Crippen LogP contribution in [0.2, 0.25) is 5.02 Å². The fourth-order valence-electron chi connectivity index (χ4n) is 2.50.